The van der Waals surface area contributed by atoms with Gasteiger partial charge in [0.1, 0.15) is 5.75 Å². The Morgan fingerprint density at radius 3 is 2.24 bits per heavy atom. The molecule has 0 radical (unpaired) electrons. The number of nitrogens with zero attached hydrogens (tertiary/aromatic N) is 2. The number of hydrogen-bond donors (Lipinski definition) is 0. The number of nitro groups is 1. The van der Waals surface area contributed by atoms with Crippen LogP contribution in [-0.4, -0.2) is 16.6 Å². The van der Waals surface area contributed by atoms with Crippen LogP contribution in [0.4, 0.5) is 5.69 Å². The Kier molecular flexibility index (Phi) is 4.50. The van der Waals surface area contributed by atoms with Gasteiger partial charge in [-0.3, -0.25) is 15.0 Å². The second kappa shape index (κ2) is 7.31. The van der Waals surface area contributed by atoms with Gasteiger partial charge in [-0.25, -0.2) is 0 Å². The van der Waals surface area contributed by atoms with Gasteiger partial charge in [-0.1, -0.05) is 48.5 Å². The molecule has 0 aliphatic carbocycles. The Balaban J connectivity index is 1.55. The summed E-state index contributed by atoms with van der Waals surface area (Å²) in [6.45, 7) is 2.59. The summed E-state index contributed by atoms with van der Waals surface area (Å²) in [5.74, 6) is 0.715. The van der Waals surface area contributed by atoms with Gasteiger partial charge in [0, 0.05) is 42.9 Å². The molecule has 0 aromatic heterocycles. The van der Waals surface area contributed by atoms with Crippen molar-refractivity contribution in [2.75, 3.05) is 6.79 Å². The maximum Gasteiger partial charge on any atom is 0.270 e. The summed E-state index contributed by atoms with van der Waals surface area (Å²) in [7, 11) is 0. The Morgan fingerprint density at radius 2 is 1.59 bits per heavy atom. The molecule has 2 heterocycles. The molecule has 146 valence electrons. The summed E-state index contributed by atoms with van der Waals surface area (Å²) < 4.78 is 11.1. The van der Waals surface area contributed by atoms with Gasteiger partial charge < -0.3 is 9.47 Å². The van der Waals surface area contributed by atoms with Crippen molar-refractivity contribution in [1.29, 1.82) is 0 Å². The monoisotopic (exact) mass is 388 g/mol. The highest BCUT2D eigenvalue weighted by molar-refractivity contribution is 5.71. The van der Waals surface area contributed by atoms with E-state index in [4.69, 9.17) is 9.47 Å². The predicted octanol–water partition coefficient (Wildman–Crippen LogP) is 4.64. The van der Waals surface area contributed by atoms with Crippen molar-refractivity contribution in [2.45, 2.75) is 26.2 Å². The minimum atomic E-state index is -0.356. The number of fused-ring (bicyclic) bond motifs is 4. The van der Waals surface area contributed by atoms with Gasteiger partial charge >= 0.3 is 0 Å². The second-order valence-electron chi connectivity index (χ2n) is 7.42. The smallest absolute Gasteiger partial charge is 0.270 e. The molecule has 0 N–H and O–H groups in total. The fourth-order valence-electron chi connectivity index (χ4n) is 4.24. The van der Waals surface area contributed by atoms with Crippen molar-refractivity contribution in [3.05, 3.63) is 93.0 Å². The summed E-state index contributed by atoms with van der Waals surface area (Å²) in [5.41, 5.74) is 6.63. The molecule has 0 spiro atoms. The van der Waals surface area contributed by atoms with Crippen LogP contribution in [0.2, 0.25) is 0 Å². The molecular formula is C23H20N2O4. The number of rotatable bonds is 3. The van der Waals surface area contributed by atoms with E-state index in [9.17, 15) is 10.1 Å². The van der Waals surface area contributed by atoms with Gasteiger partial charge in [0.25, 0.3) is 5.69 Å². The van der Waals surface area contributed by atoms with Crippen LogP contribution in [0, 0.1) is 10.1 Å². The Bertz CT molecular complexity index is 1050. The summed E-state index contributed by atoms with van der Waals surface area (Å²) in [6, 6.07) is 20.0. The van der Waals surface area contributed by atoms with E-state index in [1.54, 1.807) is 12.1 Å². The summed E-state index contributed by atoms with van der Waals surface area (Å²) in [4.78, 5) is 13.4. The molecule has 0 fully saturated rings. The third-order valence-corrected chi connectivity index (χ3v) is 5.49. The van der Waals surface area contributed by atoms with Crippen molar-refractivity contribution in [3.63, 3.8) is 0 Å². The zero-order valence-corrected chi connectivity index (χ0v) is 15.8. The Labute approximate surface area is 168 Å². The van der Waals surface area contributed by atoms with Crippen LogP contribution in [0.1, 0.15) is 22.3 Å². The molecule has 3 aromatic rings. The van der Waals surface area contributed by atoms with Gasteiger partial charge in [0.2, 0.25) is 0 Å². The minimum absolute atomic E-state index is 0.0727. The Hall–Kier alpha value is -3.22. The highest BCUT2D eigenvalue weighted by atomic mass is 16.7. The van der Waals surface area contributed by atoms with Crippen LogP contribution in [0.25, 0.3) is 11.1 Å². The molecule has 3 aromatic carbocycles. The zero-order valence-electron chi connectivity index (χ0n) is 15.8. The normalized spacial score (nSPS) is 15.4. The molecule has 2 aliphatic heterocycles. The molecule has 29 heavy (non-hydrogen) atoms. The first kappa shape index (κ1) is 17.8. The SMILES string of the molecule is O=[N+]([O-])c1cc2c(c(CN3Cc4ccccc4-c4ccccc4C3)c1)OCOC2. The van der Waals surface area contributed by atoms with E-state index in [1.165, 1.54) is 22.3 Å². The van der Waals surface area contributed by atoms with Crippen LogP contribution >= 0.6 is 0 Å². The van der Waals surface area contributed by atoms with Crippen molar-refractivity contribution < 1.29 is 14.4 Å². The van der Waals surface area contributed by atoms with Gasteiger partial charge in [-0.15, -0.1) is 0 Å². The van der Waals surface area contributed by atoms with Crippen LogP contribution in [0.3, 0.4) is 0 Å². The number of ether oxygens (including phenoxy) is 2. The third kappa shape index (κ3) is 3.37. The molecular weight excluding hydrogens is 368 g/mol. The first-order chi connectivity index (χ1) is 14.2. The van der Waals surface area contributed by atoms with Crippen molar-refractivity contribution in [2.24, 2.45) is 0 Å². The van der Waals surface area contributed by atoms with Crippen molar-refractivity contribution in [1.82, 2.24) is 4.90 Å². The molecule has 0 saturated carbocycles. The van der Waals surface area contributed by atoms with E-state index in [0.29, 0.717) is 18.9 Å². The molecule has 6 nitrogen and oxygen atoms in total. The fourth-order valence-corrected chi connectivity index (χ4v) is 4.24. The first-order valence-electron chi connectivity index (χ1n) is 9.58. The molecule has 2 aliphatic rings. The largest absolute Gasteiger partial charge is 0.467 e. The van der Waals surface area contributed by atoms with Crippen molar-refractivity contribution >= 4 is 5.69 Å². The van der Waals surface area contributed by atoms with E-state index in [-0.39, 0.29) is 17.4 Å². The van der Waals surface area contributed by atoms with Crippen LogP contribution < -0.4 is 4.74 Å². The third-order valence-electron chi connectivity index (χ3n) is 5.49. The lowest BCUT2D eigenvalue weighted by atomic mass is 9.97. The van der Waals surface area contributed by atoms with Crippen molar-refractivity contribution in [3.8, 4) is 16.9 Å². The topological polar surface area (TPSA) is 64.8 Å². The standard InChI is InChI=1S/C23H20N2O4/c26-25(27)20-9-18(23-19(10-20)14-28-15-29-23)13-24-11-16-5-1-3-7-21(16)22-8-4-2-6-17(22)12-24/h1-10H,11-15H2. The number of non-ortho nitro benzene ring substituents is 1. The molecule has 0 saturated heterocycles. The summed E-state index contributed by atoms with van der Waals surface area (Å²) in [5, 5.41) is 11.4. The van der Waals surface area contributed by atoms with E-state index in [0.717, 1.165) is 24.2 Å². The average molecular weight is 388 g/mol. The van der Waals surface area contributed by atoms with E-state index in [2.05, 4.69) is 53.4 Å². The number of hydrogen-bond acceptors (Lipinski definition) is 5. The Morgan fingerprint density at radius 1 is 0.931 bits per heavy atom. The highest BCUT2D eigenvalue weighted by Crippen LogP contribution is 2.36. The average Bonchev–Trinajstić information content (AvgIpc) is 2.90. The molecule has 6 heteroatoms. The molecule has 0 bridgehead atoms. The number of nitro benzene ring substituents is 1. The van der Waals surface area contributed by atoms with Gasteiger partial charge in [-0.2, -0.15) is 0 Å². The van der Waals surface area contributed by atoms with Gasteiger partial charge in [-0.05, 0) is 22.3 Å². The lowest BCUT2D eigenvalue weighted by Gasteiger charge is -2.25. The minimum Gasteiger partial charge on any atom is -0.467 e. The van der Waals surface area contributed by atoms with Crippen LogP contribution in [0.5, 0.6) is 5.75 Å². The van der Waals surface area contributed by atoms with Crippen LogP contribution in [-0.2, 0) is 31.0 Å². The van der Waals surface area contributed by atoms with E-state index >= 15 is 0 Å². The maximum absolute atomic E-state index is 11.4. The maximum atomic E-state index is 11.4. The van der Waals surface area contributed by atoms with Crippen LogP contribution in [0.15, 0.2) is 60.7 Å². The lowest BCUT2D eigenvalue weighted by molar-refractivity contribution is -0.385. The molecule has 0 atom stereocenters. The predicted molar refractivity (Wildman–Crippen MR) is 108 cm³/mol. The lowest BCUT2D eigenvalue weighted by Crippen LogP contribution is -2.23. The molecule has 5 rings (SSSR count). The second-order valence-corrected chi connectivity index (χ2v) is 7.42. The first-order valence-corrected chi connectivity index (χ1v) is 9.58. The summed E-state index contributed by atoms with van der Waals surface area (Å²) >= 11 is 0. The zero-order chi connectivity index (χ0) is 19.8. The molecule has 0 unspecified atom stereocenters. The quantitative estimate of drug-likeness (QED) is 0.483. The highest BCUT2D eigenvalue weighted by Gasteiger charge is 2.24. The van der Waals surface area contributed by atoms with E-state index < -0.39 is 0 Å². The molecule has 0 amide bonds. The summed E-state index contributed by atoms with van der Waals surface area (Å²) in [6.07, 6.45) is 0. The van der Waals surface area contributed by atoms with Gasteiger partial charge in [0.15, 0.2) is 6.79 Å². The fraction of sp³-hybridized carbons (Fsp3) is 0.217. The van der Waals surface area contributed by atoms with Gasteiger partial charge in [0.05, 0.1) is 11.5 Å². The van der Waals surface area contributed by atoms with E-state index in [1.807, 2.05) is 0 Å². The number of benzene rings is 3.